The van der Waals surface area contributed by atoms with E-state index in [2.05, 4.69) is 21.3 Å². The van der Waals surface area contributed by atoms with Gasteiger partial charge >= 0.3 is 6.16 Å². The molecule has 3 heteroatoms. The van der Waals surface area contributed by atoms with Crippen molar-refractivity contribution in [2.75, 3.05) is 13.2 Å². The molecule has 0 amide bonds. The molecule has 0 aromatic heterocycles. The van der Waals surface area contributed by atoms with E-state index >= 15 is 0 Å². The van der Waals surface area contributed by atoms with Crippen LogP contribution in [0.3, 0.4) is 0 Å². The van der Waals surface area contributed by atoms with Gasteiger partial charge in [0.25, 0.3) is 0 Å². The van der Waals surface area contributed by atoms with E-state index in [0.717, 1.165) is 0 Å². The molecule has 1 fully saturated rings. The Labute approximate surface area is 65.7 Å². The van der Waals surface area contributed by atoms with Crippen molar-refractivity contribution in [2.45, 2.75) is 13.8 Å². The van der Waals surface area contributed by atoms with Crippen LogP contribution in [0, 0.1) is 17.3 Å². The Hall–Kier alpha value is -1.17. The Bertz CT molecular complexity index is 211. The molecule has 1 aliphatic heterocycles. The molecular weight excluding hydrogens is 144 g/mol. The van der Waals surface area contributed by atoms with E-state index in [1.807, 2.05) is 6.92 Å². The van der Waals surface area contributed by atoms with E-state index in [-0.39, 0.29) is 5.41 Å². The molecule has 0 aromatic carbocycles. The van der Waals surface area contributed by atoms with Crippen molar-refractivity contribution >= 4 is 6.16 Å². The predicted octanol–water partition coefficient (Wildman–Crippen LogP) is 1.18. The zero-order chi connectivity index (χ0) is 8.32. The fourth-order valence-electron chi connectivity index (χ4n) is 0.894. The molecule has 0 aromatic rings. The van der Waals surface area contributed by atoms with Crippen LogP contribution < -0.4 is 0 Å². The van der Waals surface area contributed by atoms with Crippen molar-refractivity contribution in [2.24, 2.45) is 5.41 Å². The Morgan fingerprint density at radius 2 is 2.00 bits per heavy atom. The van der Waals surface area contributed by atoms with Gasteiger partial charge in [-0.1, -0.05) is 5.92 Å². The van der Waals surface area contributed by atoms with Crippen molar-refractivity contribution < 1.29 is 14.3 Å². The summed E-state index contributed by atoms with van der Waals surface area (Å²) in [5.41, 5.74) is -0.317. The van der Waals surface area contributed by atoms with E-state index < -0.39 is 6.16 Å². The van der Waals surface area contributed by atoms with Crippen LogP contribution in [-0.2, 0) is 9.47 Å². The third-order valence-electron chi connectivity index (χ3n) is 1.44. The van der Waals surface area contributed by atoms with E-state index in [1.165, 1.54) is 0 Å². The summed E-state index contributed by atoms with van der Waals surface area (Å²) in [5, 5.41) is 0. The van der Waals surface area contributed by atoms with Gasteiger partial charge in [-0.25, -0.2) is 4.79 Å². The largest absolute Gasteiger partial charge is 0.508 e. The van der Waals surface area contributed by atoms with Crippen LogP contribution in [-0.4, -0.2) is 19.4 Å². The highest BCUT2D eigenvalue weighted by Crippen LogP contribution is 2.20. The molecule has 3 nitrogen and oxygen atoms in total. The van der Waals surface area contributed by atoms with E-state index in [0.29, 0.717) is 13.2 Å². The second-order valence-corrected chi connectivity index (χ2v) is 2.76. The van der Waals surface area contributed by atoms with Crippen LogP contribution in [0.15, 0.2) is 0 Å². The molecule has 1 saturated heterocycles. The van der Waals surface area contributed by atoms with Gasteiger partial charge in [0.2, 0.25) is 0 Å². The Morgan fingerprint density at radius 1 is 1.45 bits per heavy atom. The van der Waals surface area contributed by atoms with Gasteiger partial charge in [0, 0.05) is 0 Å². The molecule has 0 saturated carbocycles. The number of hydrogen-bond donors (Lipinski definition) is 0. The molecule has 0 aliphatic carbocycles. The highest BCUT2D eigenvalue weighted by atomic mass is 16.7. The molecule has 60 valence electrons. The minimum Gasteiger partial charge on any atom is -0.433 e. The normalized spacial score (nSPS) is 20.7. The molecule has 0 unspecified atom stereocenters. The van der Waals surface area contributed by atoms with Gasteiger partial charge in [-0.2, -0.15) is 0 Å². The van der Waals surface area contributed by atoms with Crippen molar-refractivity contribution in [1.82, 2.24) is 0 Å². The summed E-state index contributed by atoms with van der Waals surface area (Å²) in [6.45, 7) is 4.30. The first-order valence-electron chi connectivity index (χ1n) is 3.40. The van der Waals surface area contributed by atoms with Crippen LogP contribution in [0.25, 0.3) is 0 Å². The molecule has 0 bridgehead atoms. The van der Waals surface area contributed by atoms with Crippen LogP contribution >= 0.6 is 0 Å². The summed E-state index contributed by atoms with van der Waals surface area (Å²) >= 11 is 0. The lowest BCUT2D eigenvalue weighted by molar-refractivity contribution is -0.0297. The number of carbonyl (C=O) groups excluding carboxylic acids is 1. The minimum absolute atomic E-state index is 0.317. The third kappa shape index (κ3) is 1.87. The molecular formula is C8H10O3. The molecule has 1 heterocycles. The second-order valence-electron chi connectivity index (χ2n) is 2.76. The van der Waals surface area contributed by atoms with Gasteiger partial charge in [0.1, 0.15) is 13.2 Å². The maximum atomic E-state index is 10.5. The summed E-state index contributed by atoms with van der Waals surface area (Å²) in [6, 6.07) is 0. The zero-order valence-corrected chi connectivity index (χ0v) is 6.64. The van der Waals surface area contributed by atoms with Crippen molar-refractivity contribution in [3.05, 3.63) is 0 Å². The number of cyclic esters (lactones) is 2. The third-order valence-corrected chi connectivity index (χ3v) is 1.44. The minimum atomic E-state index is -0.597. The topological polar surface area (TPSA) is 35.5 Å². The molecule has 11 heavy (non-hydrogen) atoms. The highest BCUT2D eigenvalue weighted by molar-refractivity contribution is 5.60. The average Bonchev–Trinajstić information content (AvgIpc) is 1.97. The first kappa shape index (κ1) is 7.93. The smallest absolute Gasteiger partial charge is 0.433 e. The molecule has 1 aliphatic rings. The van der Waals surface area contributed by atoms with Crippen LogP contribution in [0.5, 0.6) is 0 Å². The van der Waals surface area contributed by atoms with E-state index in [1.54, 1.807) is 6.92 Å². The van der Waals surface area contributed by atoms with Crippen LogP contribution in [0.4, 0.5) is 4.79 Å². The van der Waals surface area contributed by atoms with Crippen molar-refractivity contribution in [1.29, 1.82) is 0 Å². The average molecular weight is 154 g/mol. The summed E-state index contributed by atoms with van der Waals surface area (Å²) in [4.78, 5) is 10.5. The van der Waals surface area contributed by atoms with Gasteiger partial charge in [-0.3, -0.25) is 0 Å². The summed E-state index contributed by atoms with van der Waals surface area (Å²) in [6.07, 6.45) is -0.597. The Morgan fingerprint density at radius 3 is 2.45 bits per heavy atom. The summed E-state index contributed by atoms with van der Waals surface area (Å²) < 4.78 is 9.36. The van der Waals surface area contributed by atoms with Crippen LogP contribution in [0.2, 0.25) is 0 Å². The fraction of sp³-hybridized carbons (Fsp3) is 0.625. The Balaban J connectivity index is 2.59. The quantitative estimate of drug-likeness (QED) is 0.388. The zero-order valence-electron chi connectivity index (χ0n) is 6.64. The number of hydrogen-bond acceptors (Lipinski definition) is 3. The molecule has 0 spiro atoms. The SMILES string of the molecule is CC#CC1(C)COC(=O)OC1. The molecule has 0 atom stereocenters. The first-order valence-corrected chi connectivity index (χ1v) is 3.40. The number of ether oxygens (including phenoxy) is 2. The van der Waals surface area contributed by atoms with Crippen molar-refractivity contribution in [3.63, 3.8) is 0 Å². The maximum Gasteiger partial charge on any atom is 0.508 e. The molecule has 0 N–H and O–H groups in total. The fourth-order valence-corrected chi connectivity index (χ4v) is 0.894. The lowest BCUT2D eigenvalue weighted by Gasteiger charge is -2.26. The summed E-state index contributed by atoms with van der Waals surface area (Å²) in [7, 11) is 0. The maximum absolute atomic E-state index is 10.5. The highest BCUT2D eigenvalue weighted by Gasteiger charge is 2.31. The predicted molar refractivity (Wildman–Crippen MR) is 38.9 cm³/mol. The second kappa shape index (κ2) is 2.83. The van der Waals surface area contributed by atoms with Gasteiger partial charge in [0.05, 0.1) is 5.41 Å². The van der Waals surface area contributed by atoms with E-state index in [9.17, 15) is 4.79 Å². The lowest BCUT2D eigenvalue weighted by atomic mass is 9.93. The van der Waals surface area contributed by atoms with Crippen LogP contribution in [0.1, 0.15) is 13.8 Å². The van der Waals surface area contributed by atoms with Gasteiger partial charge < -0.3 is 9.47 Å². The number of carbonyl (C=O) groups is 1. The van der Waals surface area contributed by atoms with Crippen molar-refractivity contribution in [3.8, 4) is 11.8 Å². The lowest BCUT2D eigenvalue weighted by Crippen LogP contribution is -2.35. The molecule has 1 rings (SSSR count). The van der Waals surface area contributed by atoms with E-state index in [4.69, 9.17) is 0 Å². The summed E-state index contributed by atoms with van der Waals surface area (Å²) in [5.74, 6) is 5.70. The van der Waals surface area contributed by atoms with Gasteiger partial charge in [0.15, 0.2) is 0 Å². The Kier molecular flexibility index (Phi) is 2.04. The first-order chi connectivity index (χ1) is 5.16. The van der Waals surface area contributed by atoms with Gasteiger partial charge in [-0.15, -0.1) is 5.92 Å². The number of rotatable bonds is 0. The van der Waals surface area contributed by atoms with Gasteiger partial charge in [-0.05, 0) is 13.8 Å². The molecule has 0 radical (unpaired) electrons. The standard InChI is InChI=1S/C8H10O3/c1-3-4-8(2)5-10-7(9)11-6-8/h5-6H2,1-2H3. The monoisotopic (exact) mass is 154 g/mol.